The lowest BCUT2D eigenvalue weighted by molar-refractivity contribution is 0.0302. The van der Waals surface area contributed by atoms with Gasteiger partial charge >= 0.3 is 0 Å². The lowest BCUT2D eigenvalue weighted by Gasteiger charge is -2.27. The van der Waals surface area contributed by atoms with E-state index in [1.807, 2.05) is 0 Å². The monoisotopic (exact) mass is 533 g/mol. The molecule has 210 valence electrons. The molecule has 0 spiro atoms. The maximum Gasteiger partial charge on any atom is 0.254 e. The number of carbonyl (C=O) groups is 1. The molecule has 5 rings (SSSR count). The third-order valence-corrected chi connectivity index (χ3v) is 8.00. The quantitative estimate of drug-likeness (QED) is 0.498. The summed E-state index contributed by atoms with van der Waals surface area (Å²) >= 11 is 0. The fourth-order valence-corrected chi connectivity index (χ4v) is 5.92. The zero-order chi connectivity index (χ0) is 27.1. The molecule has 3 aliphatic heterocycles. The van der Waals surface area contributed by atoms with E-state index >= 15 is 0 Å². The molecule has 10 heteroatoms. The number of nitrogens with two attached hydrogens (primary N) is 3. The highest BCUT2D eigenvalue weighted by Crippen LogP contribution is 2.38. The molecule has 2 unspecified atom stereocenters. The average molecular weight is 534 g/mol. The number of fused-ring (bicyclic) bond motifs is 1. The minimum Gasteiger partial charge on any atom is -0.398 e. The van der Waals surface area contributed by atoms with Crippen molar-refractivity contribution in [1.82, 2.24) is 9.80 Å². The summed E-state index contributed by atoms with van der Waals surface area (Å²) in [5.41, 5.74) is 15.9. The number of hydrogen-bond acceptors (Lipinski definition) is 7. The standard InChI is InChI=1S/C15H18F2N4O2.C13H23NO/c16-11-8-9(15(22)21-3-5-23-6-4-21)7-10(14(11)17)12(18)1-2-13(19)20;1-2-12-9-14(10-13(12)3-1)8-11-4-6-15-7-5-11/h1-2,7-8H,3-6,18-20H2;11-13H,1-10H2/b12-1-;. The van der Waals surface area contributed by atoms with Crippen molar-refractivity contribution in [2.24, 2.45) is 35.0 Å². The number of hydrogen-bond donors (Lipinski definition) is 3. The molecule has 6 N–H and O–H groups in total. The number of ether oxygens (including phenoxy) is 2. The van der Waals surface area contributed by atoms with Gasteiger partial charge in [-0.1, -0.05) is 6.42 Å². The average Bonchev–Trinajstić information content (AvgIpc) is 3.52. The molecule has 4 aliphatic rings. The maximum absolute atomic E-state index is 13.9. The molecule has 0 radical (unpaired) electrons. The van der Waals surface area contributed by atoms with E-state index in [9.17, 15) is 13.6 Å². The van der Waals surface area contributed by atoms with Gasteiger partial charge in [0.15, 0.2) is 11.6 Å². The summed E-state index contributed by atoms with van der Waals surface area (Å²) in [7, 11) is 0. The number of amides is 1. The number of likely N-dealkylation sites (tertiary alicyclic amines) is 1. The van der Waals surface area contributed by atoms with Gasteiger partial charge in [-0.15, -0.1) is 0 Å². The molecule has 1 saturated carbocycles. The van der Waals surface area contributed by atoms with Crippen LogP contribution in [0.5, 0.6) is 0 Å². The molecular formula is C28H41F2N5O3. The van der Waals surface area contributed by atoms with Crippen molar-refractivity contribution in [3.63, 3.8) is 0 Å². The Morgan fingerprint density at radius 3 is 2.18 bits per heavy atom. The zero-order valence-corrected chi connectivity index (χ0v) is 22.0. The van der Waals surface area contributed by atoms with E-state index in [2.05, 4.69) is 4.90 Å². The van der Waals surface area contributed by atoms with Crippen LogP contribution in [-0.2, 0) is 9.47 Å². The molecule has 38 heavy (non-hydrogen) atoms. The van der Waals surface area contributed by atoms with E-state index in [0.717, 1.165) is 37.0 Å². The first-order valence-electron chi connectivity index (χ1n) is 13.7. The molecule has 8 nitrogen and oxygen atoms in total. The van der Waals surface area contributed by atoms with Crippen LogP contribution < -0.4 is 17.2 Å². The molecule has 1 aliphatic carbocycles. The number of rotatable bonds is 5. The third-order valence-electron chi connectivity index (χ3n) is 8.00. The van der Waals surface area contributed by atoms with Gasteiger partial charge in [-0.25, -0.2) is 8.78 Å². The van der Waals surface area contributed by atoms with Crippen molar-refractivity contribution in [3.05, 3.63) is 52.9 Å². The summed E-state index contributed by atoms with van der Waals surface area (Å²) in [5.74, 6) is 0.318. The van der Waals surface area contributed by atoms with Gasteiger partial charge in [-0.3, -0.25) is 4.79 Å². The first kappa shape index (κ1) is 28.3. The van der Waals surface area contributed by atoms with Crippen LogP contribution in [0.3, 0.4) is 0 Å². The maximum atomic E-state index is 13.9. The third kappa shape index (κ3) is 7.45. The second kappa shape index (κ2) is 13.4. The van der Waals surface area contributed by atoms with Crippen molar-refractivity contribution in [2.45, 2.75) is 32.1 Å². The summed E-state index contributed by atoms with van der Waals surface area (Å²) in [5, 5.41) is 0. The molecule has 1 aromatic carbocycles. The Hall–Kier alpha value is -2.69. The highest BCUT2D eigenvalue weighted by Gasteiger charge is 2.36. The van der Waals surface area contributed by atoms with Crippen molar-refractivity contribution in [3.8, 4) is 0 Å². The van der Waals surface area contributed by atoms with Gasteiger partial charge in [0.05, 0.1) is 19.0 Å². The van der Waals surface area contributed by atoms with Gasteiger partial charge in [-0.2, -0.15) is 0 Å². The molecular weight excluding hydrogens is 492 g/mol. The summed E-state index contributed by atoms with van der Waals surface area (Å²) in [6.07, 6.45) is 9.61. The second-order valence-electron chi connectivity index (χ2n) is 10.7. The predicted octanol–water partition coefficient (Wildman–Crippen LogP) is 2.64. The number of carbonyl (C=O) groups excluding carboxylic acids is 1. The van der Waals surface area contributed by atoms with Crippen LogP contribution in [0.25, 0.3) is 5.70 Å². The van der Waals surface area contributed by atoms with E-state index in [1.165, 1.54) is 74.9 Å². The normalized spacial score (nSPS) is 24.5. The molecule has 0 aromatic heterocycles. The van der Waals surface area contributed by atoms with Crippen molar-refractivity contribution >= 4 is 11.6 Å². The number of halogens is 2. The highest BCUT2D eigenvalue weighted by atomic mass is 19.2. The summed E-state index contributed by atoms with van der Waals surface area (Å²) in [4.78, 5) is 16.6. The van der Waals surface area contributed by atoms with Crippen LogP contribution in [0.15, 0.2) is 30.1 Å². The van der Waals surface area contributed by atoms with E-state index in [0.29, 0.717) is 26.3 Å². The Labute approximate surface area is 223 Å². The fraction of sp³-hybridized carbons (Fsp3) is 0.607. The Morgan fingerprint density at radius 2 is 1.55 bits per heavy atom. The molecule has 3 saturated heterocycles. The van der Waals surface area contributed by atoms with E-state index in [4.69, 9.17) is 26.7 Å². The second-order valence-corrected chi connectivity index (χ2v) is 10.7. The first-order chi connectivity index (χ1) is 18.3. The first-order valence-corrected chi connectivity index (χ1v) is 13.7. The predicted molar refractivity (Wildman–Crippen MR) is 143 cm³/mol. The summed E-state index contributed by atoms with van der Waals surface area (Å²) in [6.45, 7) is 7.78. The molecule has 0 bridgehead atoms. The van der Waals surface area contributed by atoms with Crippen LogP contribution in [0.4, 0.5) is 8.78 Å². The number of morpholine rings is 1. The van der Waals surface area contributed by atoms with Crippen LogP contribution in [0, 0.1) is 29.4 Å². The Kier molecular flexibility index (Phi) is 9.98. The Morgan fingerprint density at radius 1 is 0.921 bits per heavy atom. The molecule has 2 atom stereocenters. The molecule has 4 fully saturated rings. The molecule has 1 amide bonds. The lowest BCUT2D eigenvalue weighted by Crippen LogP contribution is -2.40. The lowest BCUT2D eigenvalue weighted by atomic mass is 10.00. The van der Waals surface area contributed by atoms with Crippen LogP contribution in [0.2, 0.25) is 0 Å². The SMILES string of the molecule is C1CC2CN(CC3CCOCC3)CC2C1.NC(N)=C/C=C(\N)c1cc(C(=O)N2CCOCC2)cc(F)c1F. The Balaban J connectivity index is 0.000000192. The van der Waals surface area contributed by atoms with Gasteiger partial charge in [0.25, 0.3) is 5.91 Å². The van der Waals surface area contributed by atoms with Crippen molar-refractivity contribution in [2.75, 3.05) is 59.2 Å². The number of nitrogens with zero attached hydrogens (tertiary/aromatic N) is 2. The van der Waals surface area contributed by atoms with Gasteiger partial charge in [0.1, 0.15) is 0 Å². The largest absolute Gasteiger partial charge is 0.398 e. The van der Waals surface area contributed by atoms with E-state index in [1.54, 1.807) is 0 Å². The topological polar surface area (TPSA) is 120 Å². The van der Waals surface area contributed by atoms with Crippen LogP contribution >= 0.6 is 0 Å². The highest BCUT2D eigenvalue weighted by molar-refractivity contribution is 5.95. The van der Waals surface area contributed by atoms with Gasteiger partial charge < -0.3 is 36.5 Å². The van der Waals surface area contributed by atoms with Gasteiger partial charge in [0, 0.05) is 62.8 Å². The Bertz CT molecular complexity index is 1010. The smallest absolute Gasteiger partial charge is 0.254 e. The van der Waals surface area contributed by atoms with E-state index in [-0.39, 0.29) is 22.6 Å². The van der Waals surface area contributed by atoms with Crippen molar-refractivity contribution < 1.29 is 23.0 Å². The molecule has 1 aromatic rings. The number of allylic oxidation sites excluding steroid dienone is 2. The van der Waals surface area contributed by atoms with Crippen molar-refractivity contribution in [1.29, 1.82) is 0 Å². The summed E-state index contributed by atoms with van der Waals surface area (Å²) in [6, 6.07) is 2.07. The van der Waals surface area contributed by atoms with Crippen LogP contribution in [0.1, 0.15) is 48.0 Å². The van der Waals surface area contributed by atoms with E-state index < -0.39 is 17.5 Å². The number of benzene rings is 1. The minimum absolute atomic E-state index is 0.0156. The minimum atomic E-state index is -1.15. The van der Waals surface area contributed by atoms with Gasteiger partial charge in [0.2, 0.25) is 0 Å². The van der Waals surface area contributed by atoms with Crippen LogP contribution in [-0.4, -0.2) is 74.9 Å². The summed E-state index contributed by atoms with van der Waals surface area (Å²) < 4.78 is 38.3. The zero-order valence-electron chi connectivity index (χ0n) is 22.0. The molecule has 3 heterocycles. The fourth-order valence-electron chi connectivity index (χ4n) is 5.92. The van der Waals surface area contributed by atoms with Gasteiger partial charge in [-0.05, 0) is 67.7 Å².